The minimum Gasteiger partial charge on any atom is -0.423 e. The van der Waals surface area contributed by atoms with Crippen molar-refractivity contribution in [1.82, 2.24) is 9.88 Å². The van der Waals surface area contributed by atoms with Gasteiger partial charge in [-0.2, -0.15) is 4.98 Å². The average Bonchev–Trinajstić information content (AvgIpc) is 2.79. The number of benzene rings is 1. The molecule has 1 N–H and O–H groups in total. The summed E-state index contributed by atoms with van der Waals surface area (Å²) in [6.45, 7) is 1.90. The molecular weight excluding hydrogens is 266 g/mol. The molecule has 2 atom stereocenters. The number of rotatable bonds is 3. The number of hydrogen-bond donors (Lipinski definition) is 1. The quantitative estimate of drug-likeness (QED) is 0.936. The lowest BCUT2D eigenvalue weighted by molar-refractivity contribution is 0.216. The Balaban J connectivity index is 1.89. The van der Waals surface area contributed by atoms with Gasteiger partial charge < -0.3 is 19.3 Å². The van der Waals surface area contributed by atoms with Gasteiger partial charge in [-0.15, -0.1) is 0 Å². The van der Waals surface area contributed by atoms with E-state index in [2.05, 4.69) is 28.9 Å². The van der Waals surface area contributed by atoms with E-state index in [0.29, 0.717) is 12.1 Å². The summed E-state index contributed by atoms with van der Waals surface area (Å²) in [7, 11) is 4.21. The zero-order valence-electron chi connectivity index (χ0n) is 12.7. The maximum Gasteiger partial charge on any atom is 0.298 e. The number of aliphatic hydroxyl groups is 1. The van der Waals surface area contributed by atoms with Crippen molar-refractivity contribution >= 4 is 17.1 Å². The smallest absolute Gasteiger partial charge is 0.298 e. The van der Waals surface area contributed by atoms with Crippen LogP contribution in [0.4, 0.5) is 6.01 Å². The highest BCUT2D eigenvalue weighted by molar-refractivity contribution is 5.74. The summed E-state index contributed by atoms with van der Waals surface area (Å²) >= 11 is 0. The number of aromatic nitrogens is 1. The molecule has 0 radical (unpaired) electrons. The van der Waals surface area contributed by atoms with Crippen LogP contribution in [0.15, 0.2) is 28.7 Å². The third kappa shape index (κ3) is 3.04. The Morgan fingerprint density at radius 2 is 2.10 bits per heavy atom. The number of hydrogen-bond acceptors (Lipinski definition) is 5. The molecule has 2 aromatic rings. The summed E-state index contributed by atoms with van der Waals surface area (Å²) in [4.78, 5) is 9.02. The van der Waals surface area contributed by atoms with Crippen LogP contribution in [0.25, 0.3) is 11.1 Å². The predicted octanol–water partition coefficient (Wildman–Crippen LogP) is 1.97. The SMILES string of the molecule is CN(C)[C@@H]1CC[C@H](CO)CN(c2nc3ccccc3o2)C1. The van der Waals surface area contributed by atoms with E-state index in [4.69, 9.17) is 4.42 Å². The van der Waals surface area contributed by atoms with E-state index in [0.717, 1.165) is 37.0 Å². The van der Waals surface area contributed by atoms with Gasteiger partial charge in [0, 0.05) is 25.7 Å². The molecule has 2 heterocycles. The molecule has 0 spiro atoms. The van der Waals surface area contributed by atoms with Crippen molar-refractivity contribution in [3.05, 3.63) is 24.3 Å². The molecule has 1 aliphatic heterocycles. The van der Waals surface area contributed by atoms with Gasteiger partial charge in [-0.3, -0.25) is 0 Å². The first kappa shape index (κ1) is 14.4. The largest absolute Gasteiger partial charge is 0.423 e. The topological polar surface area (TPSA) is 52.7 Å². The molecule has 0 aliphatic carbocycles. The Labute approximate surface area is 125 Å². The maximum atomic E-state index is 9.55. The predicted molar refractivity (Wildman–Crippen MR) is 83.5 cm³/mol. The first-order valence-corrected chi connectivity index (χ1v) is 7.55. The van der Waals surface area contributed by atoms with E-state index in [1.54, 1.807) is 0 Å². The molecule has 1 aromatic heterocycles. The highest BCUT2D eigenvalue weighted by atomic mass is 16.4. The third-order valence-electron chi connectivity index (χ3n) is 4.36. The lowest BCUT2D eigenvalue weighted by Gasteiger charge is -2.27. The lowest BCUT2D eigenvalue weighted by Crippen LogP contribution is -2.39. The number of oxazole rings is 1. The normalized spacial score (nSPS) is 23.7. The van der Waals surface area contributed by atoms with Gasteiger partial charge in [0.1, 0.15) is 5.52 Å². The number of anilines is 1. The number of para-hydroxylation sites is 2. The fourth-order valence-electron chi connectivity index (χ4n) is 2.97. The van der Waals surface area contributed by atoms with E-state index in [9.17, 15) is 5.11 Å². The molecule has 0 amide bonds. The van der Waals surface area contributed by atoms with E-state index >= 15 is 0 Å². The Kier molecular flexibility index (Phi) is 4.12. The molecule has 5 nitrogen and oxygen atoms in total. The van der Waals surface area contributed by atoms with Crippen molar-refractivity contribution in [2.45, 2.75) is 18.9 Å². The highest BCUT2D eigenvalue weighted by Gasteiger charge is 2.27. The van der Waals surface area contributed by atoms with Crippen LogP contribution in [0.5, 0.6) is 0 Å². The Bertz CT molecular complexity index is 563. The second-order valence-corrected chi connectivity index (χ2v) is 6.11. The van der Waals surface area contributed by atoms with Crippen molar-refractivity contribution in [2.75, 3.05) is 38.7 Å². The van der Waals surface area contributed by atoms with Gasteiger partial charge in [0.2, 0.25) is 0 Å². The first-order valence-electron chi connectivity index (χ1n) is 7.55. The standard InChI is InChI=1S/C16H23N3O2/c1-18(2)13-8-7-12(11-20)9-19(10-13)16-17-14-5-3-4-6-15(14)21-16/h3-6,12-13,20H,7-11H2,1-2H3/t12-,13+/m0/s1. The Morgan fingerprint density at radius 3 is 2.81 bits per heavy atom. The van der Waals surface area contributed by atoms with Crippen LogP contribution >= 0.6 is 0 Å². The monoisotopic (exact) mass is 289 g/mol. The van der Waals surface area contributed by atoms with E-state index < -0.39 is 0 Å². The maximum absolute atomic E-state index is 9.55. The van der Waals surface area contributed by atoms with E-state index in [1.165, 1.54) is 0 Å². The second kappa shape index (κ2) is 6.03. The van der Waals surface area contributed by atoms with Gasteiger partial charge >= 0.3 is 0 Å². The molecule has 1 saturated heterocycles. The third-order valence-corrected chi connectivity index (χ3v) is 4.36. The van der Waals surface area contributed by atoms with E-state index in [1.807, 2.05) is 24.3 Å². The van der Waals surface area contributed by atoms with Gasteiger partial charge in [-0.25, -0.2) is 0 Å². The van der Waals surface area contributed by atoms with Crippen LogP contribution in [-0.4, -0.2) is 54.8 Å². The zero-order chi connectivity index (χ0) is 14.8. The zero-order valence-corrected chi connectivity index (χ0v) is 12.7. The van der Waals surface area contributed by atoms with Gasteiger partial charge in [0.15, 0.2) is 5.58 Å². The van der Waals surface area contributed by atoms with Crippen molar-refractivity contribution < 1.29 is 9.52 Å². The molecule has 1 aliphatic rings. The van der Waals surface area contributed by atoms with Crippen LogP contribution in [0.2, 0.25) is 0 Å². The molecule has 0 saturated carbocycles. The number of fused-ring (bicyclic) bond motifs is 1. The van der Waals surface area contributed by atoms with Crippen LogP contribution in [0, 0.1) is 5.92 Å². The van der Waals surface area contributed by atoms with Crippen LogP contribution < -0.4 is 4.90 Å². The molecule has 5 heteroatoms. The van der Waals surface area contributed by atoms with Gasteiger partial charge in [0.05, 0.1) is 0 Å². The van der Waals surface area contributed by atoms with Crippen molar-refractivity contribution in [3.8, 4) is 0 Å². The van der Waals surface area contributed by atoms with Crippen molar-refractivity contribution in [3.63, 3.8) is 0 Å². The fraction of sp³-hybridized carbons (Fsp3) is 0.562. The molecule has 1 aromatic carbocycles. The van der Waals surface area contributed by atoms with Crippen molar-refractivity contribution in [2.24, 2.45) is 5.92 Å². The summed E-state index contributed by atoms with van der Waals surface area (Å²) in [5.74, 6) is 0.282. The Hall–Kier alpha value is -1.59. The minimum absolute atomic E-state index is 0.219. The van der Waals surface area contributed by atoms with Crippen molar-refractivity contribution in [1.29, 1.82) is 0 Å². The molecule has 0 unspecified atom stereocenters. The lowest BCUT2D eigenvalue weighted by atomic mass is 10.0. The summed E-state index contributed by atoms with van der Waals surface area (Å²) in [6, 6.07) is 8.96. The molecular formula is C16H23N3O2. The molecule has 3 rings (SSSR count). The number of aliphatic hydroxyl groups excluding tert-OH is 1. The van der Waals surface area contributed by atoms with Crippen LogP contribution in [0.1, 0.15) is 12.8 Å². The molecule has 1 fully saturated rings. The number of nitrogens with zero attached hydrogens (tertiary/aromatic N) is 3. The first-order chi connectivity index (χ1) is 10.2. The van der Waals surface area contributed by atoms with E-state index in [-0.39, 0.29) is 12.5 Å². The summed E-state index contributed by atoms with van der Waals surface area (Å²) in [5, 5.41) is 9.55. The summed E-state index contributed by atoms with van der Waals surface area (Å²) < 4.78 is 5.90. The molecule has 0 bridgehead atoms. The second-order valence-electron chi connectivity index (χ2n) is 6.11. The van der Waals surface area contributed by atoms with Crippen LogP contribution in [0.3, 0.4) is 0 Å². The van der Waals surface area contributed by atoms with Gasteiger partial charge in [0.25, 0.3) is 6.01 Å². The molecule has 114 valence electrons. The highest BCUT2D eigenvalue weighted by Crippen LogP contribution is 2.26. The fourth-order valence-corrected chi connectivity index (χ4v) is 2.97. The summed E-state index contributed by atoms with van der Waals surface area (Å²) in [5.41, 5.74) is 1.71. The molecule has 21 heavy (non-hydrogen) atoms. The Morgan fingerprint density at radius 1 is 1.29 bits per heavy atom. The number of likely N-dealkylation sites (N-methyl/N-ethyl adjacent to an activating group) is 1. The van der Waals surface area contributed by atoms with Crippen LogP contribution in [-0.2, 0) is 0 Å². The summed E-state index contributed by atoms with van der Waals surface area (Å²) in [6.07, 6.45) is 2.13. The van der Waals surface area contributed by atoms with Gasteiger partial charge in [-0.1, -0.05) is 12.1 Å². The average molecular weight is 289 g/mol. The van der Waals surface area contributed by atoms with Gasteiger partial charge in [-0.05, 0) is 45.0 Å². The minimum atomic E-state index is 0.219.